The van der Waals surface area contributed by atoms with Gasteiger partial charge in [0.2, 0.25) is 0 Å². The summed E-state index contributed by atoms with van der Waals surface area (Å²) in [6.07, 6.45) is 4.12. The molecular weight excluding hydrogens is 355 g/mol. The van der Waals surface area contributed by atoms with Crippen molar-refractivity contribution in [1.29, 1.82) is 0 Å². The van der Waals surface area contributed by atoms with Crippen LogP contribution in [0.3, 0.4) is 0 Å². The summed E-state index contributed by atoms with van der Waals surface area (Å²) in [7, 11) is 0. The van der Waals surface area contributed by atoms with E-state index in [0.29, 0.717) is 17.1 Å². The quantitative estimate of drug-likeness (QED) is 0.502. The van der Waals surface area contributed by atoms with Crippen molar-refractivity contribution >= 4 is 17.3 Å². The summed E-state index contributed by atoms with van der Waals surface area (Å²) in [6, 6.07) is 14.8. The summed E-state index contributed by atoms with van der Waals surface area (Å²) < 4.78 is 4.89. The summed E-state index contributed by atoms with van der Waals surface area (Å²) in [6.45, 7) is 6.21. The maximum atomic E-state index is 11.7. The first-order valence-electron chi connectivity index (χ1n) is 7.68. The van der Waals surface area contributed by atoms with E-state index in [1.165, 1.54) is 12.3 Å². The molecule has 0 aliphatic carbocycles. The predicted molar refractivity (Wildman–Crippen MR) is 95.9 cm³/mol. The Bertz CT molecular complexity index is 800. The standard InChI is InChI=1S/C12H10N3O.C7H10NO.K/c13-9-6-7-14-11(8-9)12(16)15-10-4-2-1-3-5-10;1-7(2,3)6-4-5-8-9-6;/h2-8H,(H2,13,14)(H,15,16);4H,1-3H3;/q2*-1;+1. The van der Waals surface area contributed by atoms with E-state index in [0.717, 1.165) is 5.76 Å². The molecule has 0 saturated heterocycles. The van der Waals surface area contributed by atoms with Gasteiger partial charge in [-0.15, -0.1) is 18.3 Å². The molecule has 2 aromatic heterocycles. The number of nitrogens with zero attached hydrogens (tertiary/aromatic N) is 2. The molecule has 0 radical (unpaired) electrons. The fourth-order valence-electron chi connectivity index (χ4n) is 1.78. The third-order valence-corrected chi connectivity index (χ3v) is 3.12. The molecule has 2 heterocycles. The van der Waals surface area contributed by atoms with Gasteiger partial charge in [0.25, 0.3) is 5.91 Å². The number of benzene rings is 1. The second-order valence-electron chi connectivity index (χ2n) is 6.29. The molecule has 0 atom stereocenters. The molecule has 0 spiro atoms. The van der Waals surface area contributed by atoms with Crippen LogP contribution in [-0.2, 0) is 5.41 Å². The van der Waals surface area contributed by atoms with E-state index < -0.39 is 0 Å². The van der Waals surface area contributed by atoms with E-state index in [1.54, 1.807) is 36.4 Å². The number of nitrogens with one attached hydrogen (secondary N) is 1. The van der Waals surface area contributed by atoms with Gasteiger partial charge in [0.15, 0.2) is 0 Å². The predicted octanol–water partition coefficient (Wildman–Crippen LogP) is 0.493. The molecule has 3 aromatic rings. The molecule has 0 fully saturated rings. The van der Waals surface area contributed by atoms with Crippen LogP contribution in [0.2, 0.25) is 0 Å². The van der Waals surface area contributed by atoms with Crippen LogP contribution in [0.4, 0.5) is 11.4 Å². The minimum Gasteiger partial charge on any atom is -0.470 e. The molecule has 6 nitrogen and oxygen atoms in total. The molecule has 0 aliphatic rings. The SMILES string of the molecule is CC(C)(C)c1c[c-]no1.Nc1ccnc(C(=O)Nc2cc[c-]cc2)c1.[K+]. The largest absolute Gasteiger partial charge is 1.00 e. The van der Waals surface area contributed by atoms with Crippen LogP contribution in [0.15, 0.2) is 53.2 Å². The Morgan fingerprint density at radius 3 is 2.42 bits per heavy atom. The monoisotopic (exact) mass is 375 g/mol. The molecule has 1 aromatic carbocycles. The van der Waals surface area contributed by atoms with E-state index in [2.05, 4.69) is 48.5 Å². The average molecular weight is 375 g/mol. The van der Waals surface area contributed by atoms with Gasteiger partial charge in [0.05, 0.1) is 0 Å². The smallest absolute Gasteiger partial charge is 0.470 e. The number of carbonyl (C=O) groups is 1. The van der Waals surface area contributed by atoms with E-state index in [-0.39, 0.29) is 62.7 Å². The molecule has 0 unspecified atom stereocenters. The molecule has 3 rings (SSSR count). The van der Waals surface area contributed by atoms with Gasteiger partial charge in [-0.1, -0.05) is 26.5 Å². The number of pyridine rings is 1. The Balaban J connectivity index is 0.000000290. The van der Waals surface area contributed by atoms with Crippen molar-refractivity contribution in [3.05, 3.63) is 72.4 Å². The van der Waals surface area contributed by atoms with Crippen molar-refractivity contribution < 1.29 is 60.7 Å². The summed E-state index contributed by atoms with van der Waals surface area (Å²) in [4.78, 5) is 15.7. The van der Waals surface area contributed by atoms with Gasteiger partial charge in [-0.3, -0.25) is 9.78 Å². The molecule has 0 bridgehead atoms. The zero-order valence-electron chi connectivity index (χ0n) is 15.4. The van der Waals surface area contributed by atoms with Crippen molar-refractivity contribution in [1.82, 2.24) is 10.1 Å². The van der Waals surface area contributed by atoms with Crippen LogP contribution >= 0.6 is 0 Å². The summed E-state index contributed by atoms with van der Waals surface area (Å²) in [5, 5.41) is 6.20. The number of rotatable bonds is 2. The van der Waals surface area contributed by atoms with Crippen LogP contribution in [-0.4, -0.2) is 16.0 Å². The zero-order valence-corrected chi connectivity index (χ0v) is 18.5. The first-order valence-corrected chi connectivity index (χ1v) is 7.68. The third-order valence-electron chi connectivity index (χ3n) is 3.12. The zero-order chi connectivity index (χ0) is 18.3. The Morgan fingerprint density at radius 2 is 1.92 bits per heavy atom. The van der Waals surface area contributed by atoms with Gasteiger partial charge in [-0.25, -0.2) is 5.16 Å². The second kappa shape index (κ2) is 10.6. The Labute approximate surface area is 196 Å². The molecular formula is C19H20KN4O2-. The number of nitrogen functional groups attached to an aromatic ring is 1. The minimum absolute atomic E-state index is 0. The van der Waals surface area contributed by atoms with Crippen LogP contribution in [0, 0.1) is 12.3 Å². The molecule has 1 amide bonds. The van der Waals surface area contributed by atoms with Crippen LogP contribution < -0.4 is 62.4 Å². The first kappa shape index (κ1) is 22.5. The molecule has 7 heteroatoms. The number of aromatic nitrogens is 2. The van der Waals surface area contributed by atoms with E-state index in [9.17, 15) is 4.79 Å². The average Bonchev–Trinajstić information content (AvgIpc) is 3.11. The van der Waals surface area contributed by atoms with Crippen LogP contribution in [0.25, 0.3) is 0 Å². The number of hydrogen-bond acceptors (Lipinski definition) is 5. The van der Waals surface area contributed by atoms with Gasteiger partial charge in [-0.05, 0) is 23.3 Å². The van der Waals surface area contributed by atoms with Crippen molar-refractivity contribution in [2.75, 3.05) is 11.1 Å². The third kappa shape index (κ3) is 7.39. The number of amides is 1. The number of hydrogen-bond donors (Lipinski definition) is 2. The van der Waals surface area contributed by atoms with E-state index in [4.69, 9.17) is 10.3 Å². The van der Waals surface area contributed by atoms with Gasteiger partial charge in [0, 0.05) is 11.9 Å². The van der Waals surface area contributed by atoms with E-state index >= 15 is 0 Å². The van der Waals surface area contributed by atoms with Crippen molar-refractivity contribution in [2.24, 2.45) is 0 Å². The second-order valence-corrected chi connectivity index (χ2v) is 6.29. The van der Waals surface area contributed by atoms with Crippen LogP contribution in [0.1, 0.15) is 37.0 Å². The Kier molecular flexibility index (Phi) is 9.18. The molecule has 130 valence electrons. The molecule has 3 N–H and O–H groups in total. The number of nitrogens with two attached hydrogens (primary N) is 1. The molecule has 26 heavy (non-hydrogen) atoms. The molecule has 0 saturated carbocycles. The summed E-state index contributed by atoms with van der Waals surface area (Å²) >= 11 is 0. The fraction of sp³-hybridized carbons (Fsp3) is 0.211. The number of carbonyl (C=O) groups excluding carboxylic acids is 1. The normalized spacial score (nSPS) is 10.1. The fourth-order valence-corrected chi connectivity index (χ4v) is 1.78. The minimum atomic E-state index is -0.279. The first-order chi connectivity index (χ1) is 11.9. The van der Waals surface area contributed by atoms with Crippen LogP contribution in [0.5, 0.6) is 0 Å². The van der Waals surface area contributed by atoms with Crippen molar-refractivity contribution in [2.45, 2.75) is 26.2 Å². The van der Waals surface area contributed by atoms with Crippen molar-refractivity contribution in [3.8, 4) is 0 Å². The Morgan fingerprint density at radius 1 is 1.23 bits per heavy atom. The van der Waals surface area contributed by atoms with E-state index in [1.807, 2.05) is 0 Å². The topological polar surface area (TPSA) is 94.0 Å². The Hall–Kier alpha value is -1.51. The maximum absolute atomic E-state index is 11.7. The van der Waals surface area contributed by atoms with Crippen molar-refractivity contribution in [3.63, 3.8) is 0 Å². The number of anilines is 2. The van der Waals surface area contributed by atoms with Gasteiger partial charge < -0.3 is 15.6 Å². The van der Waals surface area contributed by atoms with Gasteiger partial charge in [0.1, 0.15) is 5.69 Å². The van der Waals surface area contributed by atoms with Gasteiger partial charge in [-0.2, -0.15) is 24.3 Å². The maximum Gasteiger partial charge on any atom is 1.00 e. The van der Waals surface area contributed by atoms with Gasteiger partial charge >= 0.3 is 51.4 Å². The summed E-state index contributed by atoms with van der Waals surface area (Å²) in [5.74, 6) is 0.598. The molecule has 0 aliphatic heterocycles. The summed E-state index contributed by atoms with van der Waals surface area (Å²) in [5.41, 5.74) is 7.14.